The summed E-state index contributed by atoms with van der Waals surface area (Å²) in [5.41, 5.74) is 0.282. The van der Waals surface area contributed by atoms with E-state index in [0.29, 0.717) is 10.8 Å². The summed E-state index contributed by atoms with van der Waals surface area (Å²) in [6.07, 6.45) is 0. The van der Waals surface area contributed by atoms with Gasteiger partial charge in [0, 0.05) is 13.1 Å². The van der Waals surface area contributed by atoms with Gasteiger partial charge >= 0.3 is 0 Å². The average Bonchev–Trinajstić information content (AvgIpc) is 3.03. The molecule has 0 aliphatic carbocycles. The smallest absolute Gasteiger partial charge is 0.253 e. The van der Waals surface area contributed by atoms with Crippen molar-refractivity contribution in [2.45, 2.75) is 26.8 Å². The molecule has 2 rings (SSSR count). The number of hydrogen-bond acceptors (Lipinski definition) is 5. The number of nitrogens with zero attached hydrogens (tertiary/aromatic N) is 2. The summed E-state index contributed by atoms with van der Waals surface area (Å²) in [6.45, 7) is 5.12. The largest absolute Gasteiger partial charge is 0.360 e. The zero-order valence-electron chi connectivity index (χ0n) is 16.2. The van der Waals surface area contributed by atoms with E-state index in [2.05, 4.69) is 15.8 Å². The number of rotatable bonds is 7. The molecule has 0 aliphatic heterocycles. The van der Waals surface area contributed by atoms with Crippen molar-refractivity contribution in [1.29, 1.82) is 0 Å². The lowest BCUT2D eigenvalue weighted by Crippen LogP contribution is -2.51. The molecule has 9 heteroatoms. The quantitative estimate of drug-likeness (QED) is 0.735. The van der Waals surface area contributed by atoms with Gasteiger partial charge in [-0.25, -0.2) is 0 Å². The number of aromatic nitrogens is 1. The van der Waals surface area contributed by atoms with E-state index in [4.69, 9.17) is 16.1 Å². The molecule has 2 aromatic rings. The predicted molar refractivity (Wildman–Crippen MR) is 105 cm³/mol. The van der Waals surface area contributed by atoms with Gasteiger partial charge in [0.25, 0.3) is 5.91 Å². The second kappa shape index (κ2) is 9.36. The van der Waals surface area contributed by atoms with Gasteiger partial charge in [0.2, 0.25) is 11.8 Å². The van der Waals surface area contributed by atoms with Crippen LogP contribution in [0.3, 0.4) is 0 Å². The number of carbonyl (C=O) groups excluding carboxylic acids is 3. The first kappa shape index (κ1) is 21.4. The highest BCUT2D eigenvalue weighted by molar-refractivity contribution is 6.33. The minimum absolute atomic E-state index is 0.192. The van der Waals surface area contributed by atoms with E-state index in [-0.39, 0.29) is 29.8 Å². The lowest BCUT2D eigenvalue weighted by atomic mass is 10.0. The lowest BCUT2D eigenvalue weighted by Gasteiger charge is -2.26. The highest BCUT2D eigenvalue weighted by Gasteiger charge is 2.28. The van der Waals surface area contributed by atoms with Crippen molar-refractivity contribution in [3.63, 3.8) is 0 Å². The molecular formula is C19H23ClN4O4. The van der Waals surface area contributed by atoms with Crippen molar-refractivity contribution in [2.24, 2.45) is 5.92 Å². The first-order chi connectivity index (χ1) is 13.2. The molecule has 8 nitrogen and oxygen atoms in total. The van der Waals surface area contributed by atoms with Crippen LogP contribution in [0.4, 0.5) is 5.82 Å². The highest BCUT2D eigenvalue weighted by atomic mass is 35.5. The van der Waals surface area contributed by atoms with Crippen LogP contribution in [0.5, 0.6) is 0 Å². The van der Waals surface area contributed by atoms with Gasteiger partial charge in [-0.2, -0.15) is 0 Å². The zero-order valence-corrected chi connectivity index (χ0v) is 16.9. The standard InChI is InChI=1S/C19H23ClN4O4/c1-11(2)17(22-18(26)13-7-5-6-8-14(13)20)19(27)24(4)10-16(25)21-15-9-12(3)28-23-15/h5-9,11,17H,10H2,1-4H3,(H,22,26)(H,21,23,25). The number of hydrogen-bond donors (Lipinski definition) is 2. The number of anilines is 1. The van der Waals surface area contributed by atoms with E-state index in [0.717, 1.165) is 0 Å². The highest BCUT2D eigenvalue weighted by Crippen LogP contribution is 2.16. The molecule has 0 bridgehead atoms. The minimum atomic E-state index is -0.809. The van der Waals surface area contributed by atoms with Crippen molar-refractivity contribution in [1.82, 2.24) is 15.4 Å². The van der Waals surface area contributed by atoms with Gasteiger partial charge in [-0.1, -0.05) is 42.7 Å². The monoisotopic (exact) mass is 406 g/mol. The fourth-order valence-corrected chi connectivity index (χ4v) is 2.74. The maximum absolute atomic E-state index is 12.8. The SMILES string of the molecule is Cc1cc(NC(=O)CN(C)C(=O)C(NC(=O)c2ccccc2Cl)C(C)C)no1. The average molecular weight is 407 g/mol. The number of carbonyl (C=O) groups is 3. The van der Waals surface area contributed by atoms with Crippen molar-refractivity contribution < 1.29 is 18.9 Å². The molecule has 2 N–H and O–H groups in total. The number of aryl methyl sites for hydroxylation is 1. The van der Waals surface area contributed by atoms with E-state index in [1.54, 1.807) is 37.3 Å². The molecule has 1 aromatic carbocycles. The lowest BCUT2D eigenvalue weighted by molar-refractivity contribution is -0.135. The molecule has 1 unspecified atom stereocenters. The number of nitrogens with one attached hydrogen (secondary N) is 2. The van der Waals surface area contributed by atoms with Gasteiger partial charge in [0.05, 0.1) is 17.1 Å². The first-order valence-corrected chi connectivity index (χ1v) is 9.10. The normalized spacial score (nSPS) is 11.8. The summed E-state index contributed by atoms with van der Waals surface area (Å²) in [4.78, 5) is 38.7. The van der Waals surface area contributed by atoms with Crippen LogP contribution in [-0.4, -0.2) is 47.4 Å². The molecule has 0 spiro atoms. The summed E-state index contributed by atoms with van der Waals surface area (Å²) < 4.78 is 4.88. The Hall–Kier alpha value is -2.87. The van der Waals surface area contributed by atoms with Crippen LogP contribution in [-0.2, 0) is 9.59 Å². The van der Waals surface area contributed by atoms with Gasteiger partial charge in [-0.05, 0) is 25.0 Å². The fraction of sp³-hybridized carbons (Fsp3) is 0.368. The third-order valence-electron chi connectivity index (χ3n) is 3.99. The maximum atomic E-state index is 12.8. The van der Waals surface area contributed by atoms with Gasteiger partial charge in [-0.3, -0.25) is 14.4 Å². The second-order valence-corrected chi connectivity index (χ2v) is 7.15. The molecule has 0 saturated heterocycles. The number of amides is 3. The molecule has 0 radical (unpaired) electrons. The van der Waals surface area contributed by atoms with Crippen molar-refractivity contribution >= 4 is 35.1 Å². The third kappa shape index (κ3) is 5.56. The third-order valence-corrected chi connectivity index (χ3v) is 4.32. The Morgan fingerprint density at radius 3 is 2.50 bits per heavy atom. The van der Waals surface area contributed by atoms with E-state index >= 15 is 0 Å². The Balaban J connectivity index is 2.01. The van der Waals surface area contributed by atoms with E-state index in [1.807, 2.05) is 13.8 Å². The molecule has 1 aromatic heterocycles. The molecule has 3 amide bonds. The molecular weight excluding hydrogens is 384 g/mol. The van der Waals surface area contributed by atoms with Crippen LogP contribution in [0.1, 0.15) is 30.0 Å². The summed E-state index contributed by atoms with van der Waals surface area (Å²) in [6, 6.07) is 7.35. The Bertz CT molecular complexity index is 865. The fourth-order valence-electron chi connectivity index (χ4n) is 2.52. The van der Waals surface area contributed by atoms with Crippen LogP contribution in [0.15, 0.2) is 34.9 Å². The predicted octanol–water partition coefficient (Wildman–Crippen LogP) is 2.49. The van der Waals surface area contributed by atoms with E-state index in [1.165, 1.54) is 11.9 Å². The maximum Gasteiger partial charge on any atom is 0.253 e. The van der Waals surface area contributed by atoms with Gasteiger partial charge in [-0.15, -0.1) is 0 Å². The second-order valence-electron chi connectivity index (χ2n) is 6.74. The van der Waals surface area contributed by atoms with E-state index < -0.39 is 17.9 Å². The Morgan fingerprint density at radius 1 is 1.25 bits per heavy atom. The number of halogens is 1. The molecule has 0 saturated carbocycles. The summed E-state index contributed by atoms with van der Waals surface area (Å²) in [7, 11) is 1.49. The van der Waals surface area contributed by atoms with Crippen LogP contribution in [0, 0.1) is 12.8 Å². The van der Waals surface area contributed by atoms with Gasteiger partial charge in [0.1, 0.15) is 11.8 Å². The summed E-state index contributed by atoms with van der Waals surface area (Å²) >= 11 is 6.05. The minimum Gasteiger partial charge on any atom is -0.360 e. The molecule has 150 valence electrons. The van der Waals surface area contributed by atoms with Gasteiger partial charge in [0.15, 0.2) is 5.82 Å². The Morgan fingerprint density at radius 2 is 1.93 bits per heavy atom. The van der Waals surface area contributed by atoms with Crippen LogP contribution in [0.25, 0.3) is 0 Å². The van der Waals surface area contributed by atoms with Gasteiger partial charge < -0.3 is 20.1 Å². The van der Waals surface area contributed by atoms with Crippen molar-refractivity contribution in [3.8, 4) is 0 Å². The molecule has 1 heterocycles. The summed E-state index contributed by atoms with van der Waals surface area (Å²) in [5.74, 6) is -0.625. The first-order valence-electron chi connectivity index (χ1n) is 8.72. The number of likely N-dealkylation sites (N-methyl/N-ethyl adjacent to an activating group) is 1. The molecule has 0 aliphatic rings. The Labute approximate surface area is 168 Å². The van der Waals surface area contributed by atoms with Crippen LogP contribution in [0.2, 0.25) is 5.02 Å². The molecule has 0 fully saturated rings. The van der Waals surface area contributed by atoms with E-state index in [9.17, 15) is 14.4 Å². The molecule has 1 atom stereocenters. The topological polar surface area (TPSA) is 105 Å². The van der Waals surface area contributed by atoms with Crippen molar-refractivity contribution in [3.05, 3.63) is 46.7 Å². The number of benzene rings is 1. The van der Waals surface area contributed by atoms with Crippen molar-refractivity contribution in [2.75, 3.05) is 18.9 Å². The Kier molecular flexibility index (Phi) is 7.17. The van der Waals surface area contributed by atoms with Crippen LogP contribution < -0.4 is 10.6 Å². The summed E-state index contributed by atoms with van der Waals surface area (Å²) in [5, 5.41) is 9.22. The molecule has 28 heavy (non-hydrogen) atoms. The zero-order chi connectivity index (χ0) is 20.8. The van der Waals surface area contributed by atoms with Crippen LogP contribution >= 0.6 is 11.6 Å².